The van der Waals surface area contributed by atoms with Gasteiger partial charge in [0.25, 0.3) is 0 Å². The monoisotopic (exact) mass is 531 g/mol. The van der Waals surface area contributed by atoms with Gasteiger partial charge in [-0.25, -0.2) is 0 Å². The molecule has 2 fully saturated rings. The molecule has 1 spiro atoms. The van der Waals surface area contributed by atoms with E-state index in [1.165, 1.54) is 0 Å². The predicted molar refractivity (Wildman–Crippen MR) is 142 cm³/mol. The number of rotatable bonds is 18. The fourth-order valence-electron chi connectivity index (χ4n) is 5.13. The quantitative estimate of drug-likeness (QED) is 0.209. The Morgan fingerprint density at radius 2 is 1.24 bits per heavy atom. The molecule has 0 aliphatic carbocycles. The Hall–Kier alpha value is -0.810. The van der Waals surface area contributed by atoms with Crippen molar-refractivity contribution in [2.75, 3.05) is 72.7 Å². The Kier molecular flexibility index (Phi) is 13.7. The van der Waals surface area contributed by atoms with Gasteiger partial charge >= 0.3 is 5.97 Å². The normalized spacial score (nSPS) is 21.7. The Bertz CT molecular complexity index is 628. The van der Waals surface area contributed by atoms with Crippen LogP contribution in [0.3, 0.4) is 0 Å². The molecule has 0 aromatic carbocycles. The summed E-state index contributed by atoms with van der Waals surface area (Å²) in [6.45, 7) is 18.5. The number of esters is 1. The Labute approximate surface area is 224 Å². The standard InChI is InChI=1S/C28H53NO8/c1-7-9-11-31-13-15-33-17-18-34-16-14-32-12-10-24(30)35-21-27(8-2)22-36-28(37-23-27)19-25(3,4)29-26(5,6)20-28/h29H,7-23H2,1-6H3. The number of unbranched alkanes of at least 4 members (excludes halogenated alkanes) is 1. The number of piperidine rings is 1. The average Bonchev–Trinajstić information content (AvgIpc) is 2.82. The second-order valence-electron chi connectivity index (χ2n) is 11.8. The van der Waals surface area contributed by atoms with Crippen LogP contribution in [0.25, 0.3) is 0 Å². The van der Waals surface area contributed by atoms with E-state index in [4.69, 9.17) is 33.2 Å². The summed E-state index contributed by atoms with van der Waals surface area (Å²) in [5, 5.41) is 3.67. The number of carbonyl (C=O) groups excluding carboxylic acids is 1. The van der Waals surface area contributed by atoms with Crippen LogP contribution in [0.5, 0.6) is 0 Å². The molecule has 0 unspecified atom stereocenters. The molecule has 37 heavy (non-hydrogen) atoms. The molecule has 2 heterocycles. The first kappa shape index (κ1) is 32.4. The van der Waals surface area contributed by atoms with Gasteiger partial charge in [0.1, 0.15) is 6.61 Å². The van der Waals surface area contributed by atoms with Crippen molar-refractivity contribution in [1.29, 1.82) is 0 Å². The zero-order valence-corrected chi connectivity index (χ0v) is 24.3. The predicted octanol–water partition coefficient (Wildman–Crippen LogP) is 3.87. The molecule has 9 heteroatoms. The van der Waals surface area contributed by atoms with Gasteiger partial charge in [-0.2, -0.15) is 0 Å². The highest BCUT2D eigenvalue weighted by Gasteiger charge is 2.53. The average molecular weight is 532 g/mol. The minimum absolute atomic E-state index is 0.0811. The molecule has 0 radical (unpaired) electrons. The summed E-state index contributed by atoms with van der Waals surface area (Å²) < 4.78 is 40.2. The highest BCUT2D eigenvalue weighted by molar-refractivity contribution is 5.69. The molecule has 0 bridgehead atoms. The van der Waals surface area contributed by atoms with E-state index < -0.39 is 5.79 Å². The number of ether oxygens (including phenoxy) is 7. The summed E-state index contributed by atoms with van der Waals surface area (Å²) in [5.74, 6) is -0.862. The topological polar surface area (TPSA) is 93.7 Å². The van der Waals surface area contributed by atoms with Gasteiger partial charge in [-0.15, -0.1) is 0 Å². The zero-order valence-electron chi connectivity index (χ0n) is 24.3. The summed E-state index contributed by atoms with van der Waals surface area (Å²) in [6, 6.07) is 0. The molecule has 0 atom stereocenters. The third kappa shape index (κ3) is 12.3. The maximum atomic E-state index is 12.3. The van der Waals surface area contributed by atoms with Crippen LogP contribution in [0.1, 0.15) is 80.1 Å². The summed E-state index contributed by atoms with van der Waals surface area (Å²) in [6.07, 6.45) is 4.81. The summed E-state index contributed by atoms with van der Waals surface area (Å²) in [7, 11) is 0. The van der Waals surface area contributed by atoms with Gasteiger partial charge in [-0.1, -0.05) is 20.3 Å². The first-order valence-corrected chi connectivity index (χ1v) is 14.1. The van der Waals surface area contributed by atoms with Crippen LogP contribution in [0.2, 0.25) is 0 Å². The lowest BCUT2D eigenvalue weighted by Gasteiger charge is -2.55. The fraction of sp³-hybridized carbons (Fsp3) is 0.964. The van der Waals surface area contributed by atoms with Crippen LogP contribution >= 0.6 is 0 Å². The van der Waals surface area contributed by atoms with Crippen molar-refractivity contribution in [2.45, 2.75) is 96.9 Å². The molecule has 9 nitrogen and oxygen atoms in total. The maximum absolute atomic E-state index is 12.3. The second-order valence-corrected chi connectivity index (χ2v) is 11.8. The number of carbonyl (C=O) groups is 1. The van der Waals surface area contributed by atoms with Crippen molar-refractivity contribution in [3.63, 3.8) is 0 Å². The minimum atomic E-state index is -0.592. The lowest BCUT2D eigenvalue weighted by atomic mass is 9.77. The van der Waals surface area contributed by atoms with Crippen LogP contribution in [0.15, 0.2) is 0 Å². The smallest absolute Gasteiger partial charge is 0.308 e. The summed E-state index contributed by atoms with van der Waals surface area (Å²) in [4.78, 5) is 12.3. The van der Waals surface area contributed by atoms with E-state index in [0.29, 0.717) is 59.5 Å². The van der Waals surface area contributed by atoms with Gasteiger partial charge in [-0.05, 0) is 40.5 Å². The zero-order chi connectivity index (χ0) is 27.3. The summed E-state index contributed by atoms with van der Waals surface area (Å²) in [5.41, 5.74) is -0.483. The Balaban J connectivity index is 1.53. The maximum Gasteiger partial charge on any atom is 0.308 e. The van der Waals surface area contributed by atoms with Crippen molar-refractivity contribution in [3.05, 3.63) is 0 Å². The van der Waals surface area contributed by atoms with E-state index in [9.17, 15) is 4.79 Å². The molecule has 2 rings (SSSR count). The molecule has 0 aromatic heterocycles. The molecule has 2 aliphatic heterocycles. The van der Waals surface area contributed by atoms with Crippen LogP contribution in [-0.2, 0) is 38.0 Å². The fourth-order valence-corrected chi connectivity index (χ4v) is 5.13. The molecule has 218 valence electrons. The Morgan fingerprint density at radius 1 is 0.757 bits per heavy atom. The van der Waals surface area contributed by atoms with Crippen LogP contribution < -0.4 is 5.32 Å². The molecule has 2 saturated heterocycles. The van der Waals surface area contributed by atoms with Gasteiger partial charge in [-0.3, -0.25) is 4.79 Å². The van der Waals surface area contributed by atoms with E-state index in [1.54, 1.807) is 0 Å². The molecular weight excluding hydrogens is 478 g/mol. The third-order valence-corrected chi connectivity index (χ3v) is 6.88. The largest absolute Gasteiger partial charge is 0.465 e. The van der Waals surface area contributed by atoms with Crippen molar-refractivity contribution in [2.24, 2.45) is 5.41 Å². The van der Waals surface area contributed by atoms with Crippen LogP contribution in [0.4, 0.5) is 0 Å². The van der Waals surface area contributed by atoms with E-state index in [0.717, 1.165) is 38.7 Å². The van der Waals surface area contributed by atoms with Gasteiger partial charge in [0.15, 0.2) is 5.79 Å². The van der Waals surface area contributed by atoms with E-state index in [-0.39, 0.29) is 35.5 Å². The second kappa shape index (κ2) is 15.7. The molecule has 2 aliphatic rings. The van der Waals surface area contributed by atoms with Crippen LogP contribution in [0, 0.1) is 5.41 Å². The molecule has 0 saturated carbocycles. The number of nitrogens with one attached hydrogen (secondary N) is 1. The van der Waals surface area contributed by atoms with Crippen molar-refractivity contribution < 1.29 is 38.0 Å². The van der Waals surface area contributed by atoms with Crippen molar-refractivity contribution in [3.8, 4) is 0 Å². The van der Waals surface area contributed by atoms with Gasteiger partial charge in [0, 0.05) is 30.5 Å². The molecule has 0 amide bonds. The number of hydrogen-bond acceptors (Lipinski definition) is 9. The first-order chi connectivity index (χ1) is 17.6. The summed E-state index contributed by atoms with van der Waals surface area (Å²) >= 11 is 0. The van der Waals surface area contributed by atoms with Crippen molar-refractivity contribution in [1.82, 2.24) is 5.32 Å². The minimum Gasteiger partial charge on any atom is -0.465 e. The lowest BCUT2D eigenvalue weighted by Crippen LogP contribution is -2.67. The highest BCUT2D eigenvalue weighted by Crippen LogP contribution is 2.44. The Morgan fingerprint density at radius 3 is 1.73 bits per heavy atom. The molecule has 0 aromatic rings. The molecule has 1 N–H and O–H groups in total. The van der Waals surface area contributed by atoms with Gasteiger partial charge in [0.2, 0.25) is 0 Å². The van der Waals surface area contributed by atoms with Gasteiger partial charge < -0.3 is 38.5 Å². The molecular formula is C28H53NO8. The third-order valence-electron chi connectivity index (χ3n) is 6.88. The SMILES string of the molecule is CCCCOCCOCCOCCOCCC(=O)OCC1(CC)COC2(CC(C)(C)NC(C)(C)C2)OC1. The lowest BCUT2D eigenvalue weighted by molar-refractivity contribution is -0.332. The van der Waals surface area contributed by atoms with Crippen LogP contribution in [-0.4, -0.2) is 95.5 Å². The van der Waals surface area contributed by atoms with E-state index >= 15 is 0 Å². The van der Waals surface area contributed by atoms with E-state index in [2.05, 4.69) is 46.9 Å². The highest BCUT2D eigenvalue weighted by atomic mass is 16.7. The van der Waals surface area contributed by atoms with Crippen molar-refractivity contribution >= 4 is 5.97 Å². The first-order valence-electron chi connectivity index (χ1n) is 14.1. The number of hydrogen-bond donors (Lipinski definition) is 1. The van der Waals surface area contributed by atoms with Gasteiger partial charge in [0.05, 0.1) is 71.3 Å². The van der Waals surface area contributed by atoms with E-state index in [1.807, 2.05) is 0 Å².